The van der Waals surface area contributed by atoms with Crippen molar-refractivity contribution in [3.8, 4) is 0 Å². The van der Waals surface area contributed by atoms with Gasteiger partial charge in [-0.1, -0.05) is 75.7 Å². The fourth-order valence-electron chi connectivity index (χ4n) is 3.32. The highest BCUT2D eigenvalue weighted by Gasteiger charge is 2.18. The summed E-state index contributed by atoms with van der Waals surface area (Å²) in [5.41, 5.74) is 13.1. The molecule has 210 valence electrons. The van der Waals surface area contributed by atoms with Gasteiger partial charge in [-0.15, -0.1) is 0 Å². The lowest BCUT2D eigenvalue weighted by atomic mass is 9.88. The molecule has 0 saturated heterocycles. The molecule has 0 aliphatic heterocycles. The standard InChI is InChI=1S/C9H16N2.C8H14N2.C8H16N2.C3H8.C2H6/c1-7-8(9(2,3)4)6-10-11(7)5;1-4-8-7(3)6-9-10(8)5-2;1-6(2)8(5-10-4)7(3)9;1-3-2;1-2/h6H,1-5H3;6H,4-5H2,1-3H3;5-6H,9H2,1-4H3;3H2,1-2H3;1-2H3/b;;8-7+,10-5?;;. The summed E-state index contributed by atoms with van der Waals surface area (Å²) in [6.07, 6.45) is 8.04. The summed E-state index contributed by atoms with van der Waals surface area (Å²) in [5.74, 6) is 0.466. The van der Waals surface area contributed by atoms with E-state index in [0.717, 1.165) is 24.2 Å². The van der Waals surface area contributed by atoms with E-state index >= 15 is 0 Å². The quantitative estimate of drug-likeness (QED) is 0.431. The molecule has 2 aromatic rings. The lowest BCUT2D eigenvalue weighted by Gasteiger charge is -2.17. The lowest BCUT2D eigenvalue weighted by Crippen LogP contribution is -2.12. The van der Waals surface area contributed by atoms with E-state index in [-0.39, 0.29) is 5.41 Å². The Morgan fingerprint density at radius 2 is 1.56 bits per heavy atom. The first-order chi connectivity index (χ1) is 16.7. The maximum atomic E-state index is 5.61. The van der Waals surface area contributed by atoms with Crippen molar-refractivity contribution in [3.05, 3.63) is 46.2 Å². The van der Waals surface area contributed by atoms with Crippen molar-refractivity contribution in [2.24, 2.45) is 23.7 Å². The fraction of sp³-hybridized carbons (Fsp3) is 0.700. The molecule has 0 bridgehead atoms. The van der Waals surface area contributed by atoms with E-state index in [1.807, 2.05) is 51.1 Å². The smallest absolute Gasteiger partial charge is 0.0529 e. The highest BCUT2D eigenvalue weighted by atomic mass is 15.3. The van der Waals surface area contributed by atoms with Crippen LogP contribution in [0, 0.1) is 19.8 Å². The largest absolute Gasteiger partial charge is 0.402 e. The van der Waals surface area contributed by atoms with E-state index in [2.05, 4.69) is 96.0 Å². The summed E-state index contributed by atoms with van der Waals surface area (Å²) in [4.78, 5) is 3.92. The van der Waals surface area contributed by atoms with E-state index in [1.165, 1.54) is 28.9 Å². The first-order valence-corrected chi connectivity index (χ1v) is 13.6. The number of aryl methyl sites for hydroxylation is 3. The van der Waals surface area contributed by atoms with Crippen molar-refractivity contribution in [2.45, 2.75) is 122 Å². The van der Waals surface area contributed by atoms with E-state index in [4.69, 9.17) is 5.73 Å². The Morgan fingerprint density at radius 3 is 1.75 bits per heavy atom. The van der Waals surface area contributed by atoms with E-state index in [9.17, 15) is 0 Å². The Morgan fingerprint density at radius 1 is 1.06 bits per heavy atom. The van der Waals surface area contributed by atoms with Crippen LogP contribution < -0.4 is 5.73 Å². The average molecular weight is 505 g/mol. The Hall–Kier alpha value is -2.37. The molecule has 36 heavy (non-hydrogen) atoms. The number of aliphatic imine (C=N–C) groups is 1. The summed E-state index contributed by atoms with van der Waals surface area (Å²) >= 11 is 0. The van der Waals surface area contributed by atoms with Gasteiger partial charge in [0, 0.05) is 43.9 Å². The molecule has 0 fully saturated rings. The third-order valence-electron chi connectivity index (χ3n) is 5.18. The van der Waals surface area contributed by atoms with Gasteiger partial charge in [0.1, 0.15) is 0 Å². The molecular weight excluding hydrogens is 444 g/mol. The monoisotopic (exact) mass is 504 g/mol. The van der Waals surface area contributed by atoms with Crippen molar-refractivity contribution < 1.29 is 0 Å². The molecule has 2 rings (SSSR count). The zero-order valence-electron chi connectivity index (χ0n) is 26.7. The number of hydrogen-bond donors (Lipinski definition) is 1. The molecule has 0 amide bonds. The van der Waals surface area contributed by atoms with Crippen LogP contribution >= 0.6 is 0 Å². The Kier molecular flexibility index (Phi) is 22.0. The molecule has 0 atom stereocenters. The predicted octanol–water partition coefficient (Wildman–Crippen LogP) is 7.82. The molecule has 0 aliphatic carbocycles. The first-order valence-electron chi connectivity index (χ1n) is 13.6. The second kappa shape index (κ2) is 20.8. The summed E-state index contributed by atoms with van der Waals surface area (Å²) < 4.78 is 3.97. The number of aromatic nitrogens is 4. The van der Waals surface area contributed by atoms with Gasteiger partial charge in [-0.2, -0.15) is 10.2 Å². The summed E-state index contributed by atoms with van der Waals surface area (Å²) in [6, 6.07) is 0. The topological polar surface area (TPSA) is 74.0 Å². The minimum Gasteiger partial charge on any atom is -0.402 e. The average Bonchev–Trinajstić information content (AvgIpc) is 3.35. The van der Waals surface area contributed by atoms with E-state index in [1.54, 1.807) is 7.05 Å². The molecule has 0 spiro atoms. The normalized spacial score (nSPS) is 11.2. The number of allylic oxidation sites excluding steroid dienone is 2. The van der Waals surface area contributed by atoms with Gasteiger partial charge in [-0.05, 0) is 62.1 Å². The third kappa shape index (κ3) is 14.9. The van der Waals surface area contributed by atoms with Gasteiger partial charge < -0.3 is 5.73 Å². The van der Waals surface area contributed by atoms with Gasteiger partial charge in [0.2, 0.25) is 0 Å². The summed E-state index contributed by atoms with van der Waals surface area (Å²) in [7, 11) is 3.73. The van der Waals surface area contributed by atoms with Crippen LogP contribution in [-0.2, 0) is 25.4 Å². The van der Waals surface area contributed by atoms with Crippen LogP contribution in [0.5, 0.6) is 0 Å². The third-order valence-corrected chi connectivity index (χ3v) is 5.18. The molecule has 0 radical (unpaired) electrons. The van der Waals surface area contributed by atoms with Gasteiger partial charge in [0.05, 0.1) is 12.4 Å². The zero-order valence-corrected chi connectivity index (χ0v) is 26.7. The van der Waals surface area contributed by atoms with Crippen LogP contribution in [0.15, 0.2) is 28.7 Å². The van der Waals surface area contributed by atoms with Crippen molar-refractivity contribution in [1.29, 1.82) is 0 Å². The number of nitrogens with two attached hydrogens (primary N) is 1. The lowest BCUT2D eigenvalue weighted by molar-refractivity contribution is 0.583. The van der Waals surface area contributed by atoms with E-state index < -0.39 is 0 Å². The molecule has 0 saturated carbocycles. The van der Waals surface area contributed by atoms with Crippen LogP contribution in [0.1, 0.15) is 112 Å². The van der Waals surface area contributed by atoms with Crippen molar-refractivity contribution >= 4 is 6.21 Å². The summed E-state index contributed by atoms with van der Waals surface area (Å²) in [5, 5.41) is 8.42. The van der Waals surface area contributed by atoms with Gasteiger partial charge in [-0.3, -0.25) is 14.4 Å². The zero-order chi connectivity index (χ0) is 29.1. The minimum atomic E-state index is 0.221. The van der Waals surface area contributed by atoms with Crippen LogP contribution in [0.3, 0.4) is 0 Å². The number of nitrogens with zero attached hydrogens (tertiary/aromatic N) is 5. The predicted molar refractivity (Wildman–Crippen MR) is 162 cm³/mol. The van der Waals surface area contributed by atoms with E-state index in [0.29, 0.717) is 5.92 Å². The highest BCUT2D eigenvalue weighted by molar-refractivity contribution is 5.79. The van der Waals surface area contributed by atoms with Crippen LogP contribution in [-0.4, -0.2) is 32.8 Å². The molecule has 6 heteroatoms. The second-order valence-corrected chi connectivity index (χ2v) is 9.85. The van der Waals surface area contributed by atoms with Crippen molar-refractivity contribution in [3.63, 3.8) is 0 Å². The molecule has 6 nitrogen and oxygen atoms in total. The van der Waals surface area contributed by atoms with Gasteiger partial charge >= 0.3 is 0 Å². The van der Waals surface area contributed by atoms with Crippen molar-refractivity contribution in [1.82, 2.24) is 19.6 Å². The van der Waals surface area contributed by atoms with Gasteiger partial charge in [0.25, 0.3) is 0 Å². The van der Waals surface area contributed by atoms with Gasteiger partial charge in [-0.25, -0.2) is 0 Å². The van der Waals surface area contributed by atoms with Crippen LogP contribution in [0.2, 0.25) is 0 Å². The maximum Gasteiger partial charge on any atom is 0.0529 e. The van der Waals surface area contributed by atoms with Crippen LogP contribution in [0.25, 0.3) is 0 Å². The fourth-order valence-corrected chi connectivity index (χ4v) is 3.32. The second-order valence-electron chi connectivity index (χ2n) is 9.85. The molecular formula is C30H60N6. The minimum absolute atomic E-state index is 0.221. The Balaban J connectivity index is -0.000000416. The molecule has 2 heterocycles. The molecule has 2 aromatic heterocycles. The van der Waals surface area contributed by atoms with Crippen molar-refractivity contribution in [2.75, 3.05) is 7.05 Å². The highest BCUT2D eigenvalue weighted by Crippen LogP contribution is 2.24. The molecule has 2 N–H and O–H groups in total. The Bertz CT molecular complexity index is 857. The summed E-state index contributed by atoms with van der Waals surface area (Å²) in [6.45, 7) is 30.5. The number of rotatable bonds is 4. The number of hydrogen-bond acceptors (Lipinski definition) is 4. The first kappa shape index (κ1) is 38.2. The van der Waals surface area contributed by atoms with Crippen LogP contribution in [0.4, 0.5) is 0 Å². The van der Waals surface area contributed by atoms with Gasteiger partial charge in [0.15, 0.2) is 0 Å². The Labute approximate surface area is 224 Å². The molecule has 0 aliphatic rings. The molecule has 0 aromatic carbocycles. The SMILES string of the molecule is CC.CCC.CCc1c(C)cnn1CC.CN=C/C(=C(/C)N)C(C)C.Cc1c(C(C)(C)C)cnn1C. The maximum absolute atomic E-state index is 5.61. The molecule has 0 unspecified atom stereocenters.